The van der Waals surface area contributed by atoms with E-state index in [1.807, 2.05) is 11.9 Å². The molecule has 2 amide bonds. The Hall–Kier alpha value is -0.810. The number of likely N-dealkylation sites (N-methyl/N-ethyl adjacent to an activating group) is 1. The Bertz CT molecular complexity index is 241. The highest BCUT2D eigenvalue weighted by Gasteiger charge is 2.35. The molecule has 5 nitrogen and oxygen atoms in total. The predicted octanol–water partition coefficient (Wildman–Crippen LogP) is -0.140. The van der Waals surface area contributed by atoms with Crippen LogP contribution >= 0.6 is 0 Å². The van der Waals surface area contributed by atoms with E-state index in [0.29, 0.717) is 6.54 Å². The maximum absolute atomic E-state index is 11.8. The van der Waals surface area contributed by atoms with E-state index in [9.17, 15) is 4.79 Å². The van der Waals surface area contributed by atoms with Crippen LogP contribution in [0.1, 0.15) is 12.8 Å². The maximum Gasteiger partial charge on any atom is 0.320 e. The number of rotatable bonds is 3. The van der Waals surface area contributed by atoms with Crippen LogP contribution in [0.25, 0.3) is 0 Å². The molecule has 2 atom stereocenters. The van der Waals surface area contributed by atoms with E-state index in [1.54, 1.807) is 4.90 Å². The first-order valence-electron chi connectivity index (χ1n) is 5.55. The van der Waals surface area contributed by atoms with Gasteiger partial charge in [-0.05, 0) is 12.8 Å². The van der Waals surface area contributed by atoms with Crippen LogP contribution < -0.4 is 5.73 Å². The van der Waals surface area contributed by atoms with Gasteiger partial charge in [0.15, 0.2) is 0 Å². The van der Waals surface area contributed by atoms with Gasteiger partial charge in [-0.15, -0.1) is 0 Å². The minimum absolute atomic E-state index is 0.0842. The average Bonchev–Trinajstić information content (AvgIpc) is 2.82. The highest BCUT2D eigenvalue weighted by molar-refractivity contribution is 5.77. The lowest BCUT2D eigenvalue weighted by Crippen LogP contribution is -2.36. The first-order chi connectivity index (χ1) is 7.22. The van der Waals surface area contributed by atoms with Crippen LogP contribution in [-0.2, 0) is 4.74 Å². The van der Waals surface area contributed by atoms with Gasteiger partial charge in [0.25, 0.3) is 0 Å². The molecule has 0 aliphatic carbocycles. The summed E-state index contributed by atoms with van der Waals surface area (Å²) < 4.78 is 5.52. The maximum atomic E-state index is 11.8. The lowest BCUT2D eigenvalue weighted by molar-refractivity contribution is 0.0858. The number of carbonyl (C=O) groups is 1. The molecule has 2 heterocycles. The topological polar surface area (TPSA) is 58.8 Å². The van der Waals surface area contributed by atoms with E-state index in [1.165, 1.54) is 0 Å². The monoisotopic (exact) mass is 213 g/mol. The quantitative estimate of drug-likeness (QED) is 0.710. The Kier molecular flexibility index (Phi) is 3.11. The minimum Gasteiger partial charge on any atom is -0.376 e. The zero-order chi connectivity index (χ0) is 10.8. The molecule has 0 saturated carbocycles. The van der Waals surface area contributed by atoms with Crippen LogP contribution in [0.5, 0.6) is 0 Å². The molecule has 0 radical (unpaired) electrons. The molecule has 2 aliphatic rings. The number of hydrogen-bond acceptors (Lipinski definition) is 3. The Morgan fingerprint density at radius 3 is 2.93 bits per heavy atom. The number of nitrogens with two attached hydrogens (primary N) is 1. The number of nitrogens with zero attached hydrogens (tertiary/aromatic N) is 2. The molecule has 0 aromatic rings. The molecule has 2 N–H and O–H groups in total. The molecule has 15 heavy (non-hydrogen) atoms. The van der Waals surface area contributed by atoms with E-state index in [0.717, 1.165) is 32.5 Å². The first-order valence-corrected chi connectivity index (χ1v) is 5.55. The second-order valence-corrected chi connectivity index (χ2v) is 4.32. The van der Waals surface area contributed by atoms with Gasteiger partial charge in [-0.2, -0.15) is 0 Å². The fourth-order valence-corrected chi connectivity index (χ4v) is 2.25. The van der Waals surface area contributed by atoms with Crippen LogP contribution in [0.2, 0.25) is 0 Å². The van der Waals surface area contributed by atoms with Crippen molar-refractivity contribution in [2.75, 3.05) is 33.3 Å². The standard InChI is InChI=1S/C10H19N3O2/c1-12-8(5-11)6-13(10(12)14)7-9-3-2-4-15-9/h8-9H,2-7,11H2,1H3. The van der Waals surface area contributed by atoms with E-state index >= 15 is 0 Å². The fourth-order valence-electron chi connectivity index (χ4n) is 2.25. The molecular weight excluding hydrogens is 194 g/mol. The molecule has 0 aromatic carbocycles. The highest BCUT2D eigenvalue weighted by Crippen LogP contribution is 2.18. The molecule has 86 valence electrons. The van der Waals surface area contributed by atoms with E-state index in [4.69, 9.17) is 10.5 Å². The van der Waals surface area contributed by atoms with Gasteiger partial charge in [0, 0.05) is 33.3 Å². The number of hydrogen-bond donors (Lipinski definition) is 1. The fraction of sp³-hybridized carbons (Fsp3) is 0.900. The first kappa shape index (κ1) is 10.7. The van der Waals surface area contributed by atoms with Crippen molar-refractivity contribution in [2.45, 2.75) is 25.0 Å². The van der Waals surface area contributed by atoms with Crippen molar-refractivity contribution in [3.05, 3.63) is 0 Å². The minimum atomic E-state index is 0.0842. The SMILES string of the molecule is CN1C(=O)N(CC2CCCO2)CC1CN. The summed E-state index contributed by atoms with van der Waals surface area (Å²) in [4.78, 5) is 15.4. The molecule has 2 saturated heterocycles. The van der Waals surface area contributed by atoms with Gasteiger partial charge in [-0.1, -0.05) is 0 Å². The van der Waals surface area contributed by atoms with Crippen molar-refractivity contribution in [1.82, 2.24) is 9.80 Å². The Morgan fingerprint density at radius 2 is 2.40 bits per heavy atom. The van der Waals surface area contributed by atoms with Crippen LogP contribution in [-0.4, -0.2) is 61.3 Å². The average molecular weight is 213 g/mol. The van der Waals surface area contributed by atoms with Crippen LogP contribution in [0.15, 0.2) is 0 Å². The van der Waals surface area contributed by atoms with E-state index in [2.05, 4.69) is 0 Å². The Morgan fingerprint density at radius 1 is 1.60 bits per heavy atom. The largest absolute Gasteiger partial charge is 0.376 e. The molecule has 2 rings (SSSR count). The third kappa shape index (κ3) is 2.08. The van der Waals surface area contributed by atoms with Crippen molar-refractivity contribution in [2.24, 2.45) is 5.73 Å². The number of urea groups is 1. The third-order valence-electron chi connectivity index (χ3n) is 3.27. The summed E-state index contributed by atoms with van der Waals surface area (Å²) >= 11 is 0. The van der Waals surface area contributed by atoms with E-state index < -0.39 is 0 Å². The molecule has 2 unspecified atom stereocenters. The number of ether oxygens (including phenoxy) is 1. The Balaban J connectivity index is 1.90. The number of amides is 2. The molecule has 0 aromatic heterocycles. The lowest BCUT2D eigenvalue weighted by Gasteiger charge is -2.19. The van der Waals surface area contributed by atoms with Crippen molar-refractivity contribution in [1.29, 1.82) is 0 Å². The normalized spacial score (nSPS) is 31.7. The van der Waals surface area contributed by atoms with Crippen molar-refractivity contribution < 1.29 is 9.53 Å². The summed E-state index contributed by atoms with van der Waals surface area (Å²) in [7, 11) is 1.81. The van der Waals surface area contributed by atoms with Crippen LogP contribution in [0, 0.1) is 0 Å². The second-order valence-electron chi connectivity index (χ2n) is 4.32. The van der Waals surface area contributed by atoms with Gasteiger partial charge in [0.1, 0.15) is 0 Å². The van der Waals surface area contributed by atoms with Gasteiger partial charge in [-0.3, -0.25) is 0 Å². The molecule has 0 spiro atoms. The van der Waals surface area contributed by atoms with E-state index in [-0.39, 0.29) is 18.2 Å². The number of carbonyl (C=O) groups excluding carboxylic acids is 1. The lowest BCUT2D eigenvalue weighted by atomic mass is 10.2. The van der Waals surface area contributed by atoms with Crippen molar-refractivity contribution in [3.8, 4) is 0 Å². The van der Waals surface area contributed by atoms with Gasteiger partial charge in [0.05, 0.1) is 12.1 Å². The molecule has 2 aliphatic heterocycles. The summed E-state index contributed by atoms with van der Waals surface area (Å²) in [5.41, 5.74) is 5.61. The molecule has 2 fully saturated rings. The third-order valence-corrected chi connectivity index (χ3v) is 3.27. The predicted molar refractivity (Wildman–Crippen MR) is 56.5 cm³/mol. The zero-order valence-electron chi connectivity index (χ0n) is 9.19. The second kappa shape index (κ2) is 4.37. The molecule has 0 bridgehead atoms. The van der Waals surface area contributed by atoms with Gasteiger partial charge < -0.3 is 20.3 Å². The summed E-state index contributed by atoms with van der Waals surface area (Å²) in [6.07, 6.45) is 2.42. The Labute approximate surface area is 90.1 Å². The molecular formula is C10H19N3O2. The highest BCUT2D eigenvalue weighted by atomic mass is 16.5. The summed E-state index contributed by atoms with van der Waals surface area (Å²) in [6, 6.07) is 0.250. The van der Waals surface area contributed by atoms with Crippen LogP contribution in [0.3, 0.4) is 0 Å². The van der Waals surface area contributed by atoms with Gasteiger partial charge in [0.2, 0.25) is 0 Å². The summed E-state index contributed by atoms with van der Waals surface area (Å²) in [5, 5.41) is 0. The smallest absolute Gasteiger partial charge is 0.320 e. The van der Waals surface area contributed by atoms with Crippen molar-refractivity contribution >= 4 is 6.03 Å². The van der Waals surface area contributed by atoms with Crippen molar-refractivity contribution in [3.63, 3.8) is 0 Å². The van der Waals surface area contributed by atoms with Gasteiger partial charge >= 0.3 is 6.03 Å². The zero-order valence-corrected chi connectivity index (χ0v) is 9.19. The molecule has 5 heteroatoms. The summed E-state index contributed by atoms with van der Waals surface area (Å²) in [6.45, 7) is 2.83. The van der Waals surface area contributed by atoms with Gasteiger partial charge in [-0.25, -0.2) is 4.79 Å². The summed E-state index contributed by atoms with van der Waals surface area (Å²) in [5.74, 6) is 0. The van der Waals surface area contributed by atoms with Crippen LogP contribution in [0.4, 0.5) is 4.79 Å².